The van der Waals surface area contributed by atoms with Gasteiger partial charge in [-0.25, -0.2) is 0 Å². The van der Waals surface area contributed by atoms with Crippen molar-refractivity contribution in [3.05, 3.63) is 59.7 Å². The smallest absolute Gasteiger partial charge is 0.262 e. The number of piperidine rings is 1. The Kier molecular flexibility index (Phi) is 3.99. The van der Waals surface area contributed by atoms with Crippen LogP contribution in [0.15, 0.2) is 48.5 Å². The minimum atomic E-state index is -0.953. The number of anilines is 2. The maximum Gasteiger partial charge on any atom is 0.262 e. The monoisotopic (exact) mass is 363 g/mol. The van der Waals surface area contributed by atoms with Gasteiger partial charge in [-0.15, -0.1) is 0 Å². The molecule has 1 saturated heterocycles. The molecule has 0 spiro atoms. The van der Waals surface area contributed by atoms with E-state index in [0.717, 1.165) is 16.3 Å². The van der Waals surface area contributed by atoms with Gasteiger partial charge in [-0.2, -0.15) is 0 Å². The molecule has 0 aliphatic carbocycles. The number of benzene rings is 2. The summed E-state index contributed by atoms with van der Waals surface area (Å²) in [7, 11) is 1.87. The molecular formula is C20H17N3O4. The summed E-state index contributed by atoms with van der Waals surface area (Å²) in [5, 5.41) is 2.19. The molecule has 136 valence electrons. The number of carbonyl (C=O) groups excluding carboxylic acids is 4. The van der Waals surface area contributed by atoms with Gasteiger partial charge < -0.3 is 4.90 Å². The van der Waals surface area contributed by atoms with Gasteiger partial charge in [0.2, 0.25) is 11.8 Å². The minimum absolute atomic E-state index is 0.103. The zero-order valence-electron chi connectivity index (χ0n) is 14.6. The molecule has 1 N–H and O–H groups in total. The van der Waals surface area contributed by atoms with Crippen molar-refractivity contribution in [1.29, 1.82) is 0 Å². The zero-order valence-corrected chi connectivity index (χ0v) is 14.6. The maximum absolute atomic E-state index is 12.9. The first-order valence-corrected chi connectivity index (χ1v) is 8.62. The van der Waals surface area contributed by atoms with Crippen molar-refractivity contribution in [2.75, 3.05) is 11.9 Å². The van der Waals surface area contributed by atoms with Gasteiger partial charge in [-0.05, 0) is 36.8 Å². The Labute approximate surface area is 155 Å². The Morgan fingerprint density at radius 2 is 1.63 bits per heavy atom. The van der Waals surface area contributed by atoms with Crippen molar-refractivity contribution in [2.24, 2.45) is 0 Å². The number of nitrogens with zero attached hydrogens (tertiary/aromatic N) is 2. The van der Waals surface area contributed by atoms with Gasteiger partial charge in [0.05, 0.1) is 11.1 Å². The molecule has 4 rings (SSSR count). The summed E-state index contributed by atoms with van der Waals surface area (Å²) in [5.41, 5.74) is 2.24. The van der Waals surface area contributed by atoms with Crippen molar-refractivity contribution in [2.45, 2.75) is 18.9 Å². The van der Waals surface area contributed by atoms with E-state index in [1.54, 1.807) is 18.2 Å². The largest absolute Gasteiger partial charge is 0.345 e. The Morgan fingerprint density at radius 1 is 0.926 bits per heavy atom. The fourth-order valence-corrected chi connectivity index (χ4v) is 3.47. The van der Waals surface area contributed by atoms with E-state index in [-0.39, 0.29) is 29.9 Å². The van der Waals surface area contributed by atoms with Crippen molar-refractivity contribution in [1.82, 2.24) is 10.2 Å². The molecule has 7 nitrogen and oxygen atoms in total. The lowest BCUT2D eigenvalue weighted by molar-refractivity contribution is -0.136. The first-order valence-electron chi connectivity index (χ1n) is 8.62. The predicted molar refractivity (Wildman–Crippen MR) is 97.6 cm³/mol. The van der Waals surface area contributed by atoms with Crippen molar-refractivity contribution in [3.63, 3.8) is 0 Å². The number of hydrogen-bond donors (Lipinski definition) is 1. The quantitative estimate of drug-likeness (QED) is 0.841. The van der Waals surface area contributed by atoms with Crippen LogP contribution in [0, 0.1) is 0 Å². The highest BCUT2D eigenvalue weighted by atomic mass is 16.2. The number of fused-ring (bicyclic) bond motifs is 1. The predicted octanol–water partition coefficient (Wildman–Crippen LogP) is 1.86. The molecule has 4 amide bonds. The van der Waals surface area contributed by atoms with Crippen LogP contribution in [0.1, 0.15) is 33.6 Å². The second-order valence-electron chi connectivity index (χ2n) is 6.57. The van der Waals surface area contributed by atoms with E-state index >= 15 is 0 Å². The van der Waals surface area contributed by atoms with Crippen LogP contribution in [0.5, 0.6) is 0 Å². The highest BCUT2D eigenvalue weighted by molar-refractivity contribution is 6.23. The van der Waals surface area contributed by atoms with E-state index in [0.29, 0.717) is 0 Å². The SMILES string of the molecule is CN(c1ccccc1)c1ccc2c(c1)C(=O)N(C1CCC(=O)NC1=O)C2=O. The third-order valence-electron chi connectivity index (χ3n) is 4.95. The van der Waals surface area contributed by atoms with Crippen LogP contribution >= 0.6 is 0 Å². The van der Waals surface area contributed by atoms with E-state index < -0.39 is 23.8 Å². The summed E-state index contributed by atoms with van der Waals surface area (Å²) in [4.78, 5) is 51.9. The number of amides is 4. The number of hydrogen-bond acceptors (Lipinski definition) is 5. The molecule has 1 unspecified atom stereocenters. The summed E-state index contributed by atoms with van der Waals surface area (Å²) in [6.07, 6.45) is 0.249. The highest BCUT2D eigenvalue weighted by Crippen LogP contribution is 2.32. The first-order chi connectivity index (χ1) is 13.0. The second kappa shape index (κ2) is 6.35. The van der Waals surface area contributed by atoms with E-state index in [1.165, 1.54) is 0 Å². The average Bonchev–Trinajstić information content (AvgIpc) is 2.92. The molecule has 0 saturated carbocycles. The summed E-state index contributed by atoms with van der Waals surface area (Å²) in [6, 6.07) is 13.7. The lowest BCUT2D eigenvalue weighted by Gasteiger charge is -2.27. The highest BCUT2D eigenvalue weighted by Gasteiger charge is 2.44. The maximum atomic E-state index is 12.9. The van der Waals surface area contributed by atoms with Gasteiger partial charge in [0.1, 0.15) is 6.04 Å². The van der Waals surface area contributed by atoms with Crippen molar-refractivity contribution < 1.29 is 19.2 Å². The molecule has 0 aromatic heterocycles. The third-order valence-corrected chi connectivity index (χ3v) is 4.95. The fraction of sp³-hybridized carbons (Fsp3) is 0.200. The topological polar surface area (TPSA) is 86.8 Å². The van der Waals surface area contributed by atoms with E-state index in [2.05, 4.69) is 5.32 Å². The number of imide groups is 2. The zero-order chi connectivity index (χ0) is 19.1. The average molecular weight is 363 g/mol. The molecule has 2 aliphatic heterocycles. The van der Waals surface area contributed by atoms with Crippen LogP contribution in [0.25, 0.3) is 0 Å². The number of rotatable bonds is 3. The van der Waals surface area contributed by atoms with Crippen LogP contribution in [0.3, 0.4) is 0 Å². The van der Waals surface area contributed by atoms with Gasteiger partial charge in [-0.3, -0.25) is 29.4 Å². The molecule has 1 atom stereocenters. The summed E-state index contributed by atoms with van der Waals surface area (Å²) >= 11 is 0. The van der Waals surface area contributed by atoms with Crippen LogP contribution < -0.4 is 10.2 Å². The van der Waals surface area contributed by atoms with Crippen molar-refractivity contribution in [3.8, 4) is 0 Å². The Bertz CT molecular complexity index is 970. The minimum Gasteiger partial charge on any atom is -0.345 e. The molecule has 1 fully saturated rings. The Balaban J connectivity index is 1.66. The normalized spacial score (nSPS) is 19.1. The van der Waals surface area contributed by atoms with Gasteiger partial charge in [-0.1, -0.05) is 18.2 Å². The van der Waals surface area contributed by atoms with Crippen LogP contribution in [0.2, 0.25) is 0 Å². The van der Waals surface area contributed by atoms with E-state index in [1.807, 2.05) is 42.3 Å². The lowest BCUT2D eigenvalue weighted by Crippen LogP contribution is -2.54. The summed E-state index contributed by atoms with van der Waals surface area (Å²) in [6.45, 7) is 0. The lowest BCUT2D eigenvalue weighted by atomic mass is 10.0. The van der Waals surface area contributed by atoms with Crippen LogP contribution in [0.4, 0.5) is 11.4 Å². The van der Waals surface area contributed by atoms with Crippen molar-refractivity contribution >= 4 is 35.0 Å². The van der Waals surface area contributed by atoms with Gasteiger partial charge in [0.25, 0.3) is 11.8 Å². The number of para-hydroxylation sites is 1. The van der Waals surface area contributed by atoms with Gasteiger partial charge in [0, 0.05) is 24.8 Å². The van der Waals surface area contributed by atoms with Gasteiger partial charge in [0.15, 0.2) is 0 Å². The van der Waals surface area contributed by atoms with E-state index in [4.69, 9.17) is 0 Å². The first kappa shape index (κ1) is 17.0. The number of nitrogens with one attached hydrogen (secondary N) is 1. The third kappa shape index (κ3) is 2.77. The molecule has 2 heterocycles. The Hall–Kier alpha value is -3.48. The molecule has 2 aliphatic rings. The number of carbonyl (C=O) groups is 4. The molecule has 7 heteroatoms. The van der Waals surface area contributed by atoms with Gasteiger partial charge >= 0.3 is 0 Å². The Morgan fingerprint density at radius 3 is 2.33 bits per heavy atom. The molecule has 2 aromatic rings. The molecule has 0 bridgehead atoms. The second-order valence-corrected chi connectivity index (χ2v) is 6.57. The van der Waals surface area contributed by atoms with Crippen LogP contribution in [-0.4, -0.2) is 41.6 Å². The van der Waals surface area contributed by atoms with Crippen LogP contribution in [-0.2, 0) is 9.59 Å². The standard InChI is InChI=1S/C20H17N3O4/c1-22(12-5-3-2-4-6-12)13-7-8-14-15(11-13)20(27)23(19(14)26)16-9-10-17(24)21-18(16)25/h2-8,11,16H,9-10H2,1H3,(H,21,24,25). The van der Waals surface area contributed by atoms with E-state index in [9.17, 15) is 19.2 Å². The summed E-state index contributed by atoms with van der Waals surface area (Å²) < 4.78 is 0. The molecule has 0 radical (unpaired) electrons. The molecular weight excluding hydrogens is 346 g/mol. The summed E-state index contributed by atoms with van der Waals surface area (Å²) in [5.74, 6) is -2.01. The fourth-order valence-electron chi connectivity index (χ4n) is 3.47. The molecule has 2 aromatic carbocycles. The molecule has 27 heavy (non-hydrogen) atoms.